The molecule has 0 amide bonds. The van der Waals surface area contributed by atoms with Crippen molar-refractivity contribution in [2.45, 2.75) is 20.3 Å². The zero-order valence-electron chi connectivity index (χ0n) is 8.63. The fraction of sp³-hybridized carbons (Fsp3) is 0.364. The second-order valence-electron chi connectivity index (χ2n) is 3.56. The van der Waals surface area contributed by atoms with E-state index >= 15 is 0 Å². The Balaban J connectivity index is 2.89. The average Bonchev–Trinajstić information content (AvgIpc) is 2.43. The first-order valence-electron chi connectivity index (χ1n) is 4.74. The quantitative estimate of drug-likeness (QED) is 0.704. The lowest BCUT2D eigenvalue weighted by atomic mass is 10.2. The van der Waals surface area contributed by atoms with Gasteiger partial charge >= 0.3 is 0 Å². The van der Waals surface area contributed by atoms with Gasteiger partial charge in [0, 0.05) is 24.3 Å². The smallest absolute Gasteiger partial charge is 0.141 e. The first kappa shape index (κ1) is 9.53. The maximum atomic E-state index is 6.21. The van der Waals surface area contributed by atoms with Crippen LogP contribution in [0.3, 0.4) is 0 Å². The molecule has 14 heavy (non-hydrogen) atoms. The van der Waals surface area contributed by atoms with Gasteiger partial charge in [-0.15, -0.1) is 0 Å². The van der Waals surface area contributed by atoms with E-state index in [1.807, 2.05) is 24.6 Å². The predicted molar refractivity (Wildman–Crippen MR) is 59.8 cm³/mol. The standard InChI is InChI=1S/C11H13ClN2/c1-4-8-6-14(3)11-10(8)9(12)5-7(2)13-11/h5-6H,4H2,1-3H3. The highest BCUT2D eigenvalue weighted by atomic mass is 35.5. The van der Waals surface area contributed by atoms with Crippen LogP contribution in [0.2, 0.25) is 5.02 Å². The van der Waals surface area contributed by atoms with E-state index in [-0.39, 0.29) is 0 Å². The second kappa shape index (κ2) is 3.28. The number of fused-ring (bicyclic) bond motifs is 1. The molecule has 0 aliphatic heterocycles. The van der Waals surface area contributed by atoms with Crippen LogP contribution >= 0.6 is 11.6 Å². The van der Waals surface area contributed by atoms with Crippen LogP contribution in [-0.4, -0.2) is 9.55 Å². The van der Waals surface area contributed by atoms with Gasteiger partial charge in [0.1, 0.15) is 5.65 Å². The van der Waals surface area contributed by atoms with Crippen molar-refractivity contribution in [3.05, 3.63) is 28.5 Å². The SMILES string of the molecule is CCc1cn(C)c2nc(C)cc(Cl)c12. The third-order valence-corrected chi connectivity index (χ3v) is 2.76. The van der Waals surface area contributed by atoms with Crippen LogP contribution in [-0.2, 0) is 13.5 Å². The number of aromatic nitrogens is 2. The Hall–Kier alpha value is -1.02. The van der Waals surface area contributed by atoms with Crippen LogP contribution in [0.5, 0.6) is 0 Å². The highest BCUT2D eigenvalue weighted by Crippen LogP contribution is 2.27. The molecular weight excluding hydrogens is 196 g/mol. The molecule has 2 aromatic rings. The van der Waals surface area contributed by atoms with E-state index in [4.69, 9.17) is 11.6 Å². The molecule has 3 heteroatoms. The molecule has 0 aliphatic rings. The van der Waals surface area contributed by atoms with Crippen molar-refractivity contribution in [2.24, 2.45) is 7.05 Å². The Morgan fingerprint density at radius 1 is 1.50 bits per heavy atom. The monoisotopic (exact) mass is 208 g/mol. The van der Waals surface area contributed by atoms with Gasteiger partial charge in [0.15, 0.2) is 0 Å². The molecule has 2 rings (SSSR count). The molecule has 74 valence electrons. The van der Waals surface area contributed by atoms with Crippen LogP contribution in [0.15, 0.2) is 12.3 Å². The fourth-order valence-electron chi connectivity index (χ4n) is 1.80. The zero-order chi connectivity index (χ0) is 10.3. The lowest BCUT2D eigenvalue weighted by Crippen LogP contribution is -1.89. The summed E-state index contributed by atoms with van der Waals surface area (Å²) in [5.41, 5.74) is 3.21. The molecule has 0 spiro atoms. The van der Waals surface area contributed by atoms with Crippen molar-refractivity contribution in [3.8, 4) is 0 Å². The minimum atomic E-state index is 0.810. The molecule has 0 atom stereocenters. The molecule has 0 bridgehead atoms. The summed E-state index contributed by atoms with van der Waals surface area (Å²) in [5.74, 6) is 0. The number of nitrogens with zero attached hydrogens (tertiary/aromatic N) is 2. The molecule has 0 radical (unpaired) electrons. The van der Waals surface area contributed by atoms with Gasteiger partial charge in [-0.3, -0.25) is 0 Å². The molecule has 0 aromatic carbocycles. The van der Waals surface area contributed by atoms with Crippen LogP contribution in [0.4, 0.5) is 0 Å². The van der Waals surface area contributed by atoms with Gasteiger partial charge in [0.05, 0.1) is 5.02 Å². The van der Waals surface area contributed by atoms with Crippen molar-refractivity contribution in [3.63, 3.8) is 0 Å². The number of pyridine rings is 1. The molecular formula is C11H13ClN2. The van der Waals surface area contributed by atoms with E-state index in [0.29, 0.717) is 0 Å². The third-order valence-electron chi connectivity index (χ3n) is 2.47. The van der Waals surface area contributed by atoms with E-state index in [1.165, 1.54) is 5.56 Å². The number of hydrogen-bond acceptors (Lipinski definition) is 1. The van der Waals surface area contributed by atoms with E-state index in [0.717, 1.165) is 28.2 Å². The Morgan fingerprint density at radius 3 is 2.86 bits per heavy atom. The summed E-state index contributed by atoms with van der Waals surface area (Å²) in [6.07, 6.45) is 3.09. The van der Waals surface area contributed by atoms with Crippen LogP contribution in [0.1, 0.15) is 18.2 Å². The molecule has 2 aromatic heterocycles. The average molecular weight is 209 g/mol. The minimum absolute atomic E-state index is 0.810. The number of hydrogen-bond donors (Lipinski definition) is 0. The summed E-state index contributed by atoms with van der Waals surface area (Å²) in [6.45, 7) is 4.09. The second-order valence-corrected chi connectivity index (χ2v) is 3.97. The Bertz CT molecular complexity index is 485. The van der Waals surface area contributed by atoms with Crippen molar-refractivity contribution >= 4 is 22.6 Å². The van der Waals surface area contributed by atoms with Gasteiger partial charge in [0.25, 0.3) is 0 Å². The van der Waals surface area contributed by atoms with Gasteiger partial charge in [-0.05, 0) is 25.0 Å². The lowest BCUT2D eigenvalue weighted by Gasteiger charge is -2.00. The third kappa shape index (κ3) is 1.30. The summed E-state index contributed by atoms with van der Waals surface area (Å²) in [7, 11) is 2.00. The Kier molecular flexibility index (Phi) is 2.23. The highest BCUT2D eigenvalue weighted by molar-refractivity contribution is 6.35. The van der Waals surface area contributed by atoms with Crippen molar-refractivity contribution in [1.29, 1.82) is 0 Å². The maximum absolute atomic E-state index is 6.21. The van der Waals surface area contributed by atoms with Gasteiger partial charge in [0.2, 0.25) is 0 Å². The van der Waals surface area contributed by atoms with Gasteiger partial charge < -0.3 is 4.57 Å². The topological polar surface area (TPSA) is 17.8 Å². The highest BCUT2D eigenvalue weighted by Gasteiger charge is 2.10. The maximum Gasteiger partial charge on any atom is 0.141 e. The molecule has 0 aliphatic carbocycles. The lowest BCUT2D eigenvalue weighted by molar-refractivity contribution is 0.933. The largest absolute Gasteiger partial charge is 0.335 e. The van der Waals surface area contributed by atoms with E-state index in [1.54, 1.807) is 0 Å². The molecule has 2 heterocycles. The van der Waals surface area contributed by atoms with Crippen LogP contribution < -0.4 is 0 Å². The normalized spacial score (nSPS) is 11.1. The number of rotatable bonds is 1. The summed E-state index contributed by atoms with van der Waals surface area (Å²) in [5, 5.41) is 1.91. The van der Waals surface area contributed by atoms with Gasteiger partial charge in [-0.25, -0.2) is 4.98 Å². The molecule has 0 saturated carbocycles. The van der Waals surface area contributed by atoms with Crippen molar-refractivity contribution < 1.29 is 0 Å². The predicted octanol–water partition coefficient (Wildman–Crippen LogP) is 3.10. The van der Waals surface area contributed by atoms with E-state index in [2.05, 4.69) is 18.1 Å². The molecule has 0 saturated heterocycles. The summed E-state index contributed by atoms with van der Waals surface area (Å²) in [6, 6.07) is 1.92. The van der Waals surface area contributed by atoms with Crippen LogP contribution in [0, 0.1) is 6.92 Å². The summed E-state index contributed by atoms with van der Waals surface area (Å²) in [4.78, 5) is 4.48. The minimum Gasteiger partial charge on any atom is -0.335 e. The molecule has 2 nitrogen and oxygen atoms in total. The summed E-state index contributed by atoms with van der Waals surface area (Å²) < 4.78 is 2.03. The Labute approximate surface area is 88.5 Å². The van der Waals surface area contributed by atoms with Crippen molar-refractivity contribution in [1.82, 2.24) is 9.55 Å². The van der Waals surface area contributed by atoms with Crippen molar-refractivity contribution in [2.75, 3.05) is 0 Å². The number of halogens is 1. The number of aryl methyl sites for hydroxylation is 3. The molecule has 0 unspecified atom stereocenters. The molecule has 0 N–H and O–H groups in total. The fourth-order valence-corrected chi connectivity index (χ4v) is 2.16. The first-order chi connectivity index (χ1) is 6.63. The molecule has 0 fully saturated rings. The Morgan fingerprint density at radius 2 is 2.21 bits per heavy atom. The zero-order valence-corrected chi connectivity index (χ0v) is 9.39. The van der Waals surface area contributed by atoms with Gasteiger partial charge in [-0.2, -0.15) is 0 Å². The van der Waals surface area contributed by atoms with E-state index < -0.39 is 0 Å². The van der Waals surface area contributed by atoms with Crippen LogP contribution in [0.25, 0.3) is 11.0 Å². The van der Waals surface area contributed by atoms with Gasteiger partial charge in [-0.1, -0.05) is 18.5 Å². The summed E-state index contributed by atoms with van der Waals surface area (Å²) >= 11 is 6.21. The van der Waals surface area contributed by atoms with E-state index in [9.17, 15) is 0 Å². The first-order valence-corrected chi connectivity index (χ1v) is 5.12.